The third kappa shape index (κ3) is 4.59. The molecule has 2 aromatic rings. The van der Waals surface area contributed by atoms with E-state index in [2.05, 4.69) is 59.3 Å². The second kappa shape index (κ2) is 8.45. The van der Waals surface area contributed by atoms with Crippen LogP contribution in [0, 0.1) is 5.82 Å². The molecule has 25 heavy (non-hydrogen) atoms. The Kier molecular flexibility index (Phi) is 6.05. The summed E-state index contributed by atoms with van der Waals surface area (Å²) in [4.78, 5) is 4.88. The van der Waals surface area contributed by atoms with E-state index in [1.165, 1.54) is 5.56 Å². The van der Waals surface area contributed by atoms with Crippen LogP contribution in [-0.4, -0.2) is 37.6 Å². The number of piperazine rings is 1. The maximum Gasteiger partial charge on any atom is 0.123 e. The molecule has 0 bridgehead atoms. The van der Waals surface area contributed by atoms with E-state index in [-0.39, 0.29) is 11.9 Å². The highest BCUT2D eigenvalue weighted by molar-refractivity contribution is 5.55. The van der Waals surface area contributed by atoms with Gasteiger partial charge in [-0.1, -0.05) is 37.3 Å². The van der Waals surface area contributed by atoms with Crippen LogP contribution in [0.25, 0.3) is 0 Å². The lowest BCUT2D eigenvalue weighted by atomic mass is 10.0. The SMILES string of the molecule is CCNC(C)c1cc(F)ccc1N1CCN(Cc2ccccc2)CC1. The van der Waals surface area contributed by atoms with Gasteiger partial charge in [0.15, 0.2) is 0 Å². The number of rotatable bonds is 6. The quantitative estimate of drug-likeness (QED) is 0.862. The largest absolute Gasteiger partial charge is 0.369 e. The summed E-state index contributed by atoms with van der Waals surface area (Å²) in [6.07, 6.45) is 0. The lowest BCUT2D eigenvalue weighted by Crippen LogP contribution is -2.46. The predicted molar refractivity (Wildman–Crippen MR) is 102 cm³/mol. The van der Waals surface area contributed by atoms with Crippen LogP contribution >= 0.6 is 0 Å². The Morgan fingerprint density at radius 2 is 1.76 bits per heavy atom. The molecule has 4 heteroatoms. The summed E-state index contributed by atoms with van der Waals surface area (Å²) in [5.74, 6) is -0.161. The van der Waals surface area contributed by atoms with Gasteiger partial charge in [-0.25, -0.2) is 4.39 Å². The summed E-state index contributed by atoms with van der Waals surface area (Å²) in [7, 11) is 0. The topological polar surface area (TPSA) is 18.5 Å². The molecule has 0 saturated carbocycles. The Morgan fingerprint density at radius 1 is 1.04 bits per heavy atom. The van der Waals surface area contributed by atoms with Crippen LogP contribution in [0.15, 0.2) is 48.5 Å². The maximum atomic E-state index is 13.8. The molecule has 1 N–H and O–H groups in total. The van der Waals surface area contributed by atoms with Crippen LogP contribution in [0.3, 0.4) is 0 Å². The van der Waals surface area contributed by atoms with Crippen molar-refractivity contribution < 1.29 is 4.39 Å². The molecule has 0 spiro atoms. The highest BCUT2D eigenvalue weighted by Crippen LogP contribution is 2.28. The number of hydrogen-bond donors (Lipinski definition) is 1. The van der Waals surface area contributed by atoms with Crippen molar-refractivity contribution >= 4 is 5.69 Å². The van der Waals surface area contributed by atoms with Gasteiger partial charge in [-0.15, -0.1) is 0 Å². The van der Waals surface area contributed by atoms with Gasteiger partial charge >= 0.3 is 0 Å². The first-order chi connectivity index (χ1) is 12.2. The monoisotopic (exact) mass is 341 g/mol. The normalized spacial score (nSPS) is 16.8. The molecule has 1 saturated heterocycles. The van der Waals surface area contributed by atoms with Gasteiger partial charge in [0.25, 0.3) is 0 Å². The number of nitrogens with zero attached hydrogens (tertiary/aromatic N) is 2. The van der Waals surface area contributed by atoms with E-state index in [4.69, 9.17) is 0 Å². The van der Waals surface area contributed by atoms with Crippen molar-refractivity contribution in [3.05, 3.63) is 65.5 Å². The molecule has 2 aromatic carbocycles. The number of anilines is 1. The number of hydrogen-bond acceptors (Lipinski definition) is 3. The molecule has 1 unspecified atom stereocenters. The van der Waals surface area contributed by atoms with Gasteiger partial charge in [0, 0.05) is 44.5 Å². The molecule has 0 amide bonds. The van der Waals surface area contributed by atoms with Crippen LogP contribution in [0.5, 0.6) is 0 Å². The van der Waals surface area contributed by atoms with Gasteiger partial charge in [-0.05, 0) is 42.8 Å². The molecule has 3 nitrogen and oxygen atoms in total. The first-order valence-electron chi connectivity index (χ1n) is 9.21. The Morgan fingerprint density at radius 3 is 2.44 bits per heavy atom. The first kappa shape index (κ1) is 17.9. The standard InChI is InChI=1S/C21H28FN3/c1-3-23-17(2)20-15-19(22)9-10-21(20)25-13-11-24(12-14-25)16-18-7-5-4-6-8-18/h4-10,15,17,23H,3,11-14,16H2,1-2H3. The molecule has 1 aliphatic heterocycles. The number of benzene rings is 2. The van der Waals surface area contributed by atoms with E-state index in [9.17, 15) is 4.39 Å². The number of halogens is 1. The Bertz CT molecular complexity index is 666. The zero-order valence-electron chi connectivity index (χ0n) is 15.2. The smallest absolute Gasteiger partial charge is 0.123 e. The van der Waals surface area contributed by atoms with Gasteiger partial charge < -0.3 is 10.2 Å². The van der Waals surface area contributed by atoms with E-state index < -0.39 is 0 Å². The fourth-order valence-electron chi connectivity index (χ4n) is 3.56. The molecule has 1 aliphatic rings. The molecule has 3 rings (SSSR count). The molecule has 0 radical (unpaired) electrons. The van der Waals surface area contributed by atoms with E-state index >= 15 is 0 Å². The summed E-state index contributed by atoms with van der Waals surface area (Å²) in [5.41, 5.74) is 3.58. The van der Waals surface area contributed by atoms with E-state index in [1.54, 1.807) is 12.1 Å². The second-order valence-corrected chi connectivity index (χ2v) is 6.73. The van der Waals surface area contributed by atoms with Crippen molar-refractivity contribution in [1.29, 1.82) is 0 Å². The van der Waals surface area contributed by atoms with Crippen molar-refractivity contribution in [2.75, 3.05) is 37.6 Å². The van der Waals surface area contributed by atoms with E-state index in [0.29, 0.717) is 0 Å². The van der Waals surface area contributed by atoms with Crippen LogP contribution in [0.2, 0.25) is 0 Å². The predicted octanol–water partition coefficient (Wildman–Crippen LogP) is 3.82. The highest BCUT2D eigenvalue weighted by atomic mass is 19.1. The summed E-state index contributed by atoms with van der Waals surface area (Å²) >= 11 is 0. The summed E-state index contributed by atoms with van der Waals surface area (Å²) < 4.78 is 13.8. The average Bonchev–Trinajstić information content (AvgIpc) is 2.63. The highest BCUT2D eigenvalue weighted by Gasteiger charge is 2.21. The summed E-state index contributed by atoms with van der Waals surface area (Å²) in [5, 5.41) is 3.41. The third-order valence-electron chi connectivity index (χ3n) is 4.93. The summed E-state index contributed by atoms with van der Waals surface area (Å²) in [6.45, 7) is 10.1. The molecular weight excluding hydrogens is 313 g/mol. The maximum absolute atomic E-state index is 13.8. The minimum atomic E-state index is -0.161. The fraction of sp³-hybridized carbons (Fsp3) is 0.429. The fourth-order valence-corrected chi connectivity index (χ4v) is 3.56. The zero-order valence-corrected chi connectivity index (χ0v) is 15.2. The van der Waals surface area contributed by atoms with Crippen LogP contribution in [0.1, 0.15) is 31.0 Å². The molecule has 134 valence electrons. The molecule has 1 atom stereocenters. The third-order valence-corrected chi connectivity index (χ3v) is 4.93. The van der Waals surface area contributed by atoms with Crippen molar-refractivity contribution in [2.45, 2.75) is 26.4 Å². The van der Waals surface area contributed by atoms with Crippen LogP contribution in [0.4, 0.5) is 10.1 Å². The lowest BCUT2D eigenvalue weighted by molar-refractivity contribution is 0.249. The van der Waals surface area contributed by atoms with Crippen LogP contribution < -0.4 is 10.2 Å². The Balaban J connectivity index is 1.66. The van der Waals surface area contributed by atoms with E-state index in [0.717, 1.165) is 50.5 Å². The zero-order chi connectivity index (χ0) is 17.6. The Hall–Kier alpha value is -1.91. The molecule has 1 fully saturated rings. The first-order valence-corrected chi connectivity index (χ1v) is 9.21. The second-order valence-electron chi connectivity index (χ2n) is 6.73. The van der Waals surface area contributed by atoms with E-state index in [1.807, 2.05) is 6.07 Å². The average molecular weight is 341 g/mol. The molecular formula is C21H28FN3. The Labute approximate surface area is 150 Å². The minimum Gasteiger partial charge on any atom is -0.369 e. The van der Waals surface area contributed by atoms with Crippen molar-refractivity contribution in [1.82, 2.24) is 10.2 Å². The van der Waals surface area contributed by atoms with Crippen molar-refractivity contribution in [3.63, 3.8) is 0 Å². The van der Waals surface area contributed by atoms with Gasteiger partial charge in [-0.3, -0.25) is 4.90 Å². The van der Waals surface area contributed by atoms with Crippen LogP contribution in [-0.2, 0) is 6.54 Å². The van der Waals surface area contributed by atoms with Gasteiger partial charge in [0.2, 0.25) is 0 Å². The summed E-state index contributed by atoms with van der Waals surface area (Å²) in [6, 6.07) is 16.0. The van der Waals surface area contributed by atoms with Gasteiger partial charge in [0.1, 0.15) is 5.82 Å². The molecule has 0 aliphatic carbocycles. The molecule has 0 aromatic heterocycles. The van der Waals surface area contributed by atoms with Crippen molar-refractivity contribution in [2.24, 2.45) is 0 Å². The van der Waals surface area contributed by atoms with Gasteiger partial charge in [0.05, 0.1) is 0 Å². The number of nitrogens with one attached hydrogen (secondary N) is 1. The van der Waals surface area contributed by atoms with Gasteiger partial charge in [-0.2, -0.15) is 0 Å². The molecule has 1 heterocycles. The minimum absolute atomic E-state index is 0.151. The van der Waals surface area contributed by atoms with Crippen molar-refractivity contribution in [3.8, 4) is 0 Å². The lowest BCUT2D eigenvalue weighted by Gasteiger charge is -2.37.